The van der Waals surface area contributed by atoms with Crippen molar-refractivity contribution in [2.75, 3.05) is 13.6 Å². The summed E-state index contributed by atoms with van der Waals surface area (Å²) >= 11 is 1.74. The number of amides is 1. The summed E-state index contributed by atoms with van der Waals surface area (Å²) in [5.41, 5.74) is 5.65. The van der Waals surface area contributed by atoms with Gasteiger partial charge in [0, 0.05) is 30.9 Å². The molecular weight excluding hydrogens is 232 g/mol. The average Bonchev–Trinajstić information content (AvgIpc) is 2.78. The lowest BCUT2D eigenvalue weighted by molar-refractivity contribution is -0.130. The summed E-state index contributed by atoms with van der Waals surface area (Å²) in [6, 6.07) is 4.35. The number of hydrogen-bond donors (Lipinski definition) is 1. The highest BCUT2D eigenvalue weighted by Gasteiger charge is 2.08. The van der Waals surface area contributed by atoms with Crippen molar-refractivity contribution in [1.29, 1.82) is 0 Å². The lowest BCUT2D eigenvalue weighted by atomic mass is 10.1. The van der Waals surface area contributed by atoms with Gasteiger partial charge in [-0.1, -0.05) is 6.07 Å². The van der Waals surface area contributed by atoms with E-state index in [1.165, 1.54) is 4.88 Å². The smallest absolute Gasteiger partial charge is 0.222 e. The molecule has 96 valence electrons. The Morgan fingerprint density at radius 1 is 1.59 bits per heavy atom. The van der Waals surface area contributed by atoms with Gasteiger partial charge in [-0.3, -0.25) is 4.79 Å². The predicted octanol–water partition coefficient (Wildman–Crippen LogP) is 2.27. The highest BCUT2D eigenvalue weighted by Crippen LogP contribution is 2.10. The summed E-state index contributed by atoms with van der Waals surface area (Å²) in [7, 11) is 1.88. The first kappa shape index (κ1) is 14.2. The Bertz CT molecular complexity index is 322. The van der Waals surface area contributed by atoms with Gasteiger partial charge < -0.3 is 10.6 Å². The van der Waals surface area contributed by atoms with Crippen molar-refractivity contribution in [3.05, 3.63) is 22.4 Å². The number of hydrogen-bond acceptors (Lipinski definition) is 3. The Kier molecular flexibility index (Phi) is 6.22. The topological polar surface area (TPSA) is 46.3 Å². The van der Waals surface area contributed by atoms with Gasteiger partial charge in [0.2, 0.25) is 5.91 Å². The summed E-state index contributed by atoms with van der Waals surface area (Å²) in [6.45, 7) is 2.78. The second-order valence-corrected chi connectivity index (χ2v) is 5.55. The molecule has 0 spiro atoms. The van der Waals surface area contributed by atoms with Crippen LogP contribution in [0.2, 0.25) is 0 Å². The standard InChI is InChI=1S/C13H22N2OS/c1-11(14)5-3-7-13(16)15(2)9-8-12-6-4-10-17-12/h4,6,10-11H,3,5,7-9,14H2,1-2H3. The van der Waals surface area contributed by atoms with Crippen LogP contribution in [0.15, 0.2) is 17.5 Å². The molecule has 0 aliphatic heterocycles. The van der Waals surface area contributed by atoms with Gasteiger partial charge in [-0.15, -0.1) is 11.3 Å². The number of nitrogens with zero attached hydrogens (tertiary/aromatic N) is 1. The molecule has 0 aliphatic carbocycles. The highest BCUT2D eigenvalue weighted by molar-refractivity contribution is 7.09. The van der Waals surface area contributed by atoms with Gasteiger partial charge in [-0.2, -0.15) is 0 Å². The van der Waals surface area contributed by atoms with Gasteiger partial charge in [0.1, 0.15) is 0 Å². The van der Waals surface area contributed by atoms with Crippen molar-refractivity contribution in [1.82, 2.24) is 4.90 Å². The van der Waals surface area contributed by atoms with E-state index in [0.717, 1.165) is 25.8 Å². The summed E-state index contributed by atoms with van der Waals surface area (Å²) in [4.78, 5) is 14.9. The molecule has 0 aromatic carbocycles. The molecular formula is C13H22N2OS. The van der Waals surface area contributed by atoms with E-state index in [9.17, 15) is 4.79 Å². The SMILES string of the molecule is CC(N)CCCC(=O)N(C)CCc1cccs1. The van der Waals surface area contributed by atoms with E-state index in [4.69, 9.17) is 5.73 Å². The van der Waals surface area contributed by atoms with Gasteiger partial charge in [0.15, 0.2) is 0 Å². The van der Waals surface area contributed by atoms with Crippen LogP contribution in [0.25, 0.3) is 0 Å². The molecule has 4 heteroatoms. The molecule has 0 aliphatic rings. The molecule has 0 bridgehead atoms. The fourth-order valence-corrected chi connectivity index (χ4v) is 2.32. The number of likely N-dealkylation sites (N-methyl/N-ethyl adjacent to an activating group) is 1. The largest absolute Gasteiger partial charge is 0.345 e. The van der Waals surface area contributed by atoms with Gasteiger partial charge in [0.25, 0.3) is 0 Å². The normalized spacial score (nSPS) is 12.4. The Morgan fingerprint density at radius 3 is 2.94 bits per heavy atom. The molecule has 1 amide bonds. The Balaban J connectivity index is 2.18. The quantitative estimate of drug-likeness (QED) is 0.811. The zero-order valence-corrected chi connectivity index (χ0v) is 11.5. The minimum atomic E-state index is 0.194. The van der Waals surface area contributed by atoms with Crippen LogP contribution in [-0.2, 0) is 11.2 Å². The van der Waals surface area contributed by atoms with E-state index in [1.807, 2.05) is 24.9 Å². The van der Waals surface area contributed by atoms with Gasteiger partial charge in [-0.25, -0.2) is 0 Å². The second kappa shape index (κ2) is 7.45. The molecule has 1 aromatic heterocycles. The maximum Gasteiger partial charge on any atom is 0.222 e. The van der Waals surface area contributed by atoms with Crippen molar-refractivity contribution in [2.45, 2.75) is 38.6 Å². The van der Waals surface area contributed by atoms with E-state index in [2.05, 4.69) is 11.4 Å². The summed E-state index contributed by atoms with van der Waals surface area (Å²) < 4.78 is 0. The van der Waals surface area contributed by atoms with Crippen molar-refractivity contribution in [3.8, 4) is 0 Å². The fourth-order valence-electron chi connectivity index (χ4n) is 1.62. The van der Waals surface area contributed by atoms with Crippen molar-refractivity contribution in [3.63, 3.8) is 0 Å². The maximum atomic E-state index is 11.8. The molecule has 1 atom stereocenters. The summed E-state index contributed by atoms with van der Waals surface area (Å²) in [6.07, 6.45) is 3.38. The Hall–Kier alpha value is -0.870. The number of nitrogens with two attached hydrogens (primary N) is 1. The number of carbonyl (C=O) groups excluding carboxylic acids is 1. The second-order valence-electron chi connectivity index (χ2n) is 4.51. The zero-order valence-electron chi connectivity index (χ0n) is 10.7. The predicted molar refractivity (Wildman–Crippen MR) is 73.2 cm³/mol. The molecule has 1 heterocycles. The average molecular weight is 254 g/mol. The first-order valence-corrected chi connectivity index (χ1v) is 6.99. The van der Waals surface area contributed by atoms with E-state index >= 15 is 0 Å². The summed E-state index contributed by atoms with van der Waals surface area (Å²) in [5.74, 6) is 0.224. The molecule has 2 N–H and O–H groups in total. The van der Waals surface area contributed by atoms with Gasteiger partial charge >= 0.3 is 0 Å². The minimum Gasteiger partial charge on any atom is -0.345 e. The van der Waals surface area contributed by atoms with Crippen LogP contribution in [-0.4, -0.2) is 30.4 Å². The lowest BCUT2D eigenvalue weighted by Gasteiger charge is -2.16. The third kappa shape index (κ3) is 5.84. The minimum absolute atomic E-state index is 0.194. The first-order chi connectivity index (χ1) is 8.09. The third-order valence-electron chi connectivity index (χ3n) is 2.75. The fraction of sp³-hybridized carbons (Fsp3) is 0.615. The van der Waals surface area contributed by atoms with Crippen molar-refractivity contribution < 1.29 is 4.79 Å². The molecule has 3 nitrogen and oxygen atoms in total. The lowest BCUT2D eigenvalue weighted by Crippen LogP contribution is -2.28. The third-order valence-corrected chi connectivity index (χ3v) is 3.69. The molecule has 1 unspecified atom stereocenters. The number of carbonyl (C=O) groups is 1. The maximum absolute atomic E-state index is 11.8. The van der Waals surface area contributed by atoms with Crippen molar-refractivity contribution >= 4 is 17.2 Å². The van der Waals surface area contributed by atoms with Crippen LogP contribution in [0.5, 0.6) is 0 Å². The van der Waals surface area contributed by atoms with Gasteiger partial charge in [-0.05, 0) is 37.6 Å². The van der Waals surface area contributed by atoms with Crippen LogP contribution in [0.3, 0.4) is 0 Å². The molecule has 0 saturated heterocycles. The van der Waals surface area contributed by atoms with Crippen LogP contribution >= 0.6 is 11.3 Å². The van der Waals surface area contributed by atoms with Crippen LogP contribution in [0, 0.1) is 0 Å². The van der Waals surface area contributed by atoms with Gasteiger partial charge in [0.05, 0.1) is 0 Å². The van der Waals surface area contributed by atoms with Crippen LogP contribution in [0.4, 0.5) is 0 Å². The molecule has 1 rings (SSSR count). The summed E-state index contributed by atoms with van der Waals surface area (Å²) in [5, 5.41) is 2.07. The highest BCUT2D eigenvalue weighted by atomic mass is 32.1. The molecule has 1 aromatic rings. The Morgan fingerprint density at radius 2 is 2.35 bits per heavy atom. The molecule has 0 fully saturated rings. The van der Waals surface area contributed by atoms with Crippen LogP contribution in [0.1, 0.15) is 31.1 Å². The van der Waals surface area contributed by atoms with Crippen molar-refractivity contribution in [2.24, 2.45) is 5.73 Å². The first-order valence-electron chi connectivity index (χ1n) is 6.11. The van der Waals surface area contributed by atoms with E-state index in [0.29, 0.717) is 6.42 Å². The van der Waals surface area contributed by atoms with E-state index < -0.39 is 0 Å². The molecule has 0 radical (unpaired) electrons. The van der Waals surface area contributed by atoms with E-state index in [-0.39, 0.29) is 11.9 Å². The van der Waals surface area contributed by atoms with E-state index in [1.54, 1.807) is 11.3 Å². The monoisotopic (exact) mass is 254 g/mol. The molecule has 0 saturated carbocycles. The Labute approximate surface area is 108 Å². The zero-order chi connectivity index (χ0) is 12.7. The van der Waals surface area contributed by atoms with Crippen LogP contribution < -0.4 is 5.73 Å². The number of rotatable bonds is 7. The number of thiophene rings is 1. The molecule has 17 heavy (non-hydrogen) atoms.